The highest BCUT2D eigenvalue weighted by molar-refractivity contribution is 7.80. The van der Waals surface area contributed by atoms with E-state index in [1.165, 1.54) is 38.5 Å². The fraction of sp³-hybridized carbons (Fsp3) is 0.857. The molecule has 0 aromatic rings. The van der Waals surface area contributed by atoms with E-state index < -0.39 is 0 Å². The van der Waals surface area contributed by atoms with Crippen molar-refractivity contribution in [1.29, 1.82) is 0 Å². The Morgan fingerprint density at radius 3 is 2.87 bits per heavy atom. The van der Waals surface area contributed by atoms with Gasteiger partial charge in [-0.25, -0.2) is 0 Å². The lowest BCUT2D eigenvalue weighted by Crippen LogP contribution is -2.13. The number of hydrogen-bond donors (Lipinski definition) is 1. The predicted molar refractivity (Wildman–Crippen MR) is 72.6 cm³/mol. The molecule has 1 aliphatic carbocycles. The molecule has 0 spiro atoms. The summed E-state index contributed by atoms with van der Waals surface area (Å²) in [5.74, 6) is 1.68. The van der Waals surface area contributed by atoms with Crippen molar-refractivity contribution in [2.24, 2.45) is 11.8 Å². The Kier molecular flexibility index (Phi) is 5.81. The third-order valence-corrected chi connectivity index (χ3v) is 4.19. The van der Waals surface area contributed by atoms with Crippen LogP contribution in [0.25, 0.3) is 0 Å². The first kappa shape index (κ1) is 13.2. The van der Waals surface area contributed by atoms with Gasteiger partial charge in [-0.05, 0) is 37.5 Å². The smallest absolute Gasteiger partial charge is 0.00570 e. The number of allylic oxidation sites excluding steroid dienone is 2. The Morgan fingerprint density at radius 1 is 1.53 bits per heavy atom. The number of hydrogen-bond acceptors (Lipinski definition) is 1. The highest BCUT2D eigenvalue weighted by atomic mass is 32.1. The lowest BCUT2D eigenvalue weighted by atomic mass is 9.85. The Labute approximate surface area is 101 Å². The predicted octanol–water partition coefficient (Wildman–Crippen LogP) is 4.86. The van der Waals surface area contributed by atoms with Gasteiger partial charge in [0.25, 0.3) is 0 Å². The molecular formula is C14H26S. The first-order chi connectivity index (χ1) is 7.13. The summed E-state index contributed by atoms with van der Waals surface area (Å²) in [6.45, 7) is 7.01. The maximum Gasteiger partial charge on any atom is 0.00570 e. The average Bonchev–Trinajstić information content (AvgIpc) is 2.21. The zero-order chi connectivity index (χ0) is 11.3. The van der Waals surface area contributed by atoms with Gasteiger partial charge < -0.3 is 0 Å². The molecule has 3 atom stereocenters. The molecule has 1 aliphatic rings. The first-order valence-corrected chi connectivity index (χ1v) is 7.02. The largest absolute Gasteiger partial charge is 0.176 e. The lowest BCUT2D eigenvalue weighted by molar-refractivity contribution is 0.473. The molecule has 88 valence electrons. The van der Waals surface area contributed by atoms with Gasteiger partial charge in [0.1, 0.15) is 0 Å². The van der Waals surface area contributed by atoms with Crippen LogP contribution in [0.3, 0.4) is 0 Å². The van der Waals surface area contributed by atoms with Crippen LogP contribution in [0, 0.1) is 11.8 Å². The molecule has 1 heteroatoms. The fourth-order valence-electron chi connectivity index (χ4n) is 2.35. The van der Waals surface area contributed by atoms with Crippen molar-refractivity contribution in [3.05, 3.63) is 11.6 Å². The lowest BCUT2D eigenvalue weighted by Gasteiger charge is -2.25. The van der Waals surface area contributed by atoms with Crippen LogP contribution in [0.15, 0.2) is 11.6 Å². The van der Waals surface area contributed by atoms with Crippen molar-refractivity contribution >= 4 is 12.6 Å². The minimum Gasteiger partial charge on any atom is -0.176 e. The molecule has 1 rings (SSSR count). The molecule has 0 radical (unpaired) electrons. The van der Waals surface area contributed by atoms with Crippen LogP contribution in [0.1, 0.15) is 59.3 Å². The Morgan fingerprint density at radius 2 is 2.27 bits per heavy atom. The monoisotopic (exact) mass is 226 g/mol. The van der Waals surface area contributed by atoms with Gasteiger partial charge in [-0.2, -0.15) is 12.6 Å². The number of rotatable bonds is 5. The van der Waals surface area contributed by atoms with Crippen LogP contribution in [-0.4, -0.2) is 5.25 Å². The van der Waals surface area contributed by atoms with Crippen LogP contribution in [-0.2, 0) is 0 Å². The molecule has 0 nitrogen and oxygen atoms in total. The standard InChI is InChI=1S/C14H26S/c1-4-11(2)6-5-7-13-8-9-14(15)10-12(13)3/h8,11-12,14-15H,4-7,9-10H2,1-3H3. The van der Waals surface area contributed by atoms with Crippen molar-refractivity contribution < 1.29 is 0 Å². The molecule has 0 aromatic heterocycles. The second-order valence-electron chi connectivity index (χ2n) is 5.21. The maximum absolute atomic E-state index is 4.56. The van der Waals surface area contributed by atoms with E-state index in [9.17, 15) is 0 Å². The summed E-state index contributed by atoms with van der Waals surface area (Å²) in [5.41, 5.74) is 1.70. The minimum absolute atomic E-state index is 0.610. The Bertz CT molecular complexity index is 207. The summed E-state index contributed by atoms with van der Waals surface area (Å²) in [6.07, 6.45) is 10.3. The summed E-state index contributed by atoms with van der Waals surface area (Å²) >= 11 is 4.56. The van der Waals surface area contributed by atoms with Gasteiger partial charge in [0.15, 0.2) is 0 Å². The molecule has 0 saturated carbocycles. The topological polar surface area (TPSA) is 0 Å². The highest BCUT2D eigenvalue weighted by Crippen LogP contribution is 2.31. The molecule has 15 heavy (non-hydrogen) atoms. The van der Waals surface area contributed by atoms with Gasteiger partial charge in [0, 0.05) is 5.25 Å². The molecule has 0 fully saturated rings. The van der Waals surface area contributed by atoms with Gasteiger partial charge >= 0.3 is 0 Å². The second-order valence-corrected chi connectivity index (χ2v) is 5.94. The SMILES string of the molecule is CCC(C)CCCC1=CCC(S)CC1C. The fourth-order valence-corrected chi connectivity index (χ4v) is 2.77. The normalized spacial score (nSPS) is 28.7. The second kappa shape index (κ2) is 6.62. The van der Waals surface area contributed by atoms with E-state index in [4.69, 9.17) is 0 Å². The van der Waals surface area contributed by atoms with Gasteiger partial charge in [-0.1, -0.05) is 45.3 Å². The molecule has 0 amide bonds. The first-order valence-electron chi connectivity index (χ1n) is 6.50. The van der Waals surface area contributed by atoms with E-state index in [-0.39, 0.29) is 0 Å². The molecule has 0 heterocycles. The van der Waals surface area contributed by atoms with E-state index in [0.29, 0.717) is 5.25 Å². The zero-order valence-electron chi connectivity index (χ0n) is 10.5. The summed E-state index contributed by atoms with van der Waals surface area (Å²) in [4.78, 5) is 0. The zero-order valence-corrected chi connectivity index (χ0v) is 11.4. The van der Waals surface area contributed by atoms with Crippen LogP contribution < -0.4 is 0 Å². The third-order valence-electron chi connectivity index (χ3n) is 3.77. The quantitative estimate of drug-likeness (QED) is 0.502. The summed E-state index contributed by atoms with van der Waals surface area (Å²) in [7, 11) is 0. The summed E-state index contributed by atoms with van der Waals surface area (Å²) in [5, 5.41) is 0.610. The maximum atomic E-state index is 4.56. The van der Waals surface area contributed by atoms with Crippen LogP contribution in [0.2, 0.25) is 0 Å². The Balaban J connectivity index is 2.26. The van der Waals surface area contributed by atoms with E-state index in [0.717, 1.165) is 11.8 Å². The molecule has 3 unspecified atom stereocenters. The van der Waals surface area contributed by atoms with Crippen LogP contribution in [0.5, 0.6) is 0 Å². The van der Waals surface area contributed by atoms with Gasteiger partial charge in [0.05, 0.1) is 0 Å². The molecule has 0 aliphatic heterocycles. The van der Waals surface area contributed by atoms with Gasteiger partial charge in [0.2, 0.25) is 0 Å². The third kappa shape index (κ3) is 4.63. The summed E-state index contributed by atoms with van der Waals surface area (Å²) in [6, 6.07) is 0. The summed E-state index contributed by atoms with van der Waals surface area (Å²) < 4.78 is 0. The van der Waals surface area contributed by atoms with Crippen molar-refractivity contribution in [3.8, 4) is 0 Å². The van der Waals surface area contributed by atoms with Crippen molar-refractivity contribution in [1.82, 2.24) is 0 Å². The van der Waals surface area contributed by atoms with Gasteiger partial charge in [-0.15, -0.1) is 0 Å². The molecule has 0 bridgehead atoms. The number of thiol groups is 1. The van der Waals surface area contributed by atoms with Crippen LogP contribution >= 0.6 is 12.6 Å². The average molecular weight is 226 g/mol. The van der Waals surface area contributed by atoms with Crippen molar-refractivity contribution in [2.45, 2.75) is 64.5 Å². The molecule has 0 N–H and O–H groups in total. The van der Waals surface area contributed by atoms with Gasteiger partial charge in [-0.3, -0.25) is 0 Å². The van der Waals surface area contributed by atoms with E-state index in [1.807, 2.05) is 0 Å². The van der Waals surface area contributed by atoms with E-state index in [1.54, 1.807) is 5.57 Å². The molecule has 0 aromatic carbocycles. The van der Waals surface area contributed by atoms with Crippen molar-refractivity contribution in [2.75, 3.05) is 0 Å². The van der Waals surface area contributed by atoms with Crippen molar-refractivity contribution in [3.63, 3.8) is 0 Å². The van der Waals surface area contributed by atoms with E-state index >= 15 is 0 Å². The van der Waals surface area contributed by atoms with E-state index in [2.05, 4.69) is 39.5 Å². The molecular weight excluding hydrogens is 200 g/mol. The Hall–Kier alpha value is 0.0900. The molecule has 0 saturated heterocycles. The minimum atomic E-state index is 0.610. The highest BCUT2D eigenvalue weighted by Gasteiger charge is 2.17. The van der Waals surface area contributed by atoms with Crippen LogP contribution in [0.4, 0.5) is 0 Å².